The Morgan fingerprint density at radius 2 is 1.57 bits per heavy atom. The molecule has 1 fully saturated rings. The van der Waals surface area contributed by atoms with Gasteiger partial charge < -0.3 is 20.6 Å². The number of amides is 3. The van der Waals surface area contributed by atoms with Crippen LogP contribution in [0.1, 0.15) is 34.9 Å². The van der Waals surface area contributed by atoms with E-state index in [4.69, 9.17) is 0 Å². The van der Waals surface area contributed by atoms with Crippen LogP contribution in [0.5, 0.6) is 0 Å². The highest BCUT2D eigenvalue weighted by Crippen LogP contribution is 2.20. The highest BCUT2D eigenvalue weighted by molar-refractivity contribution is 6.40. The number of hydrogen-bond donors (Lipinski definition) is 3. The molecular weight excluding hydrogens is 358 g/mol. The average molecular weight is 381 g/mol. The van der Waals surface area contributed by atoms with Crippen molar-refractivity contribution in [1.29, 1.82) is 0 Å². The smallest absolute Gasteiger partial charge is 0.313 e. The quantitative estimate of drug-likeness (QED) is 0.687. The molecule has 1 saturated heterocycles. The summed E-state index contributed by atoms with van der Waals surface area (Å²) >= 11 is 0. The zero-order valence-electron chi connectivity index (χ0n) is 15.4. The SMILES string of the molecule is O=C(NCC(O)c1ccccc1)C(=O)Nc1ccccc1C(=O)N1CCCC1. The van der Waals surface area contributed by atoms with E-state index in [1.54, 1.807) is 53.4 Å². The number of carbonyl (C=O) groups excluding carboxylic acids is 3. The van der Waals surface area contributed by atoms with Gasteiger partial charge in [-0.1, -0.05) is 42.5 Å². The molecule has 1 aliphatic rings. The molecule has 28 heavy (non-hydrogen) atoms. The minimum absolute atomic E-state index is 0.0926. The van der Waals surface area contributed by atoms with Crippen LogP contribution >= 0.6 is 0 Å². The molecule has 0 saturated carbocycles. The minimum atomic E-state index is -0.915. The zero-order valence-corrected chi connectivity index (χ0v) is 15.4. The summed E-state index contributed by atoms with van der Waals surface area (Å²) in [5.41, 5.74) is 1.29. The first kappa shape index (κ1) is 19.6. The first-order valence-corrected chi connectivity index (χ1v) is 9.27. The Morgan fingerprint density at radius 3 is 2.29 bits per heavy atom. The maximum absolute atomic E-state index is 12.6. The molecule has 1 heterocycles. The third-order valence-electron chi connectivity index (χ3n) is 4.65. The van der Waals surface area contributed by atoms with Crippen molar-refractivity contribution in [3.63, 3.8) is 0 Å². The number of carbonyl (C=O) groups is 3. The lowest BCUT2D eigenvalue weighted by Gasteiger charge is -2.18. The van der Waals surface area contributed by atoms with Gasteiger partial charge in [0.1, 0.15) is 0 Å². The van der Waals surface area contributed by atoms with Gasteiger partial charge in [0.15, 0.2) is 0 Å². The molecule has 2 aromatic rings. The maximum atomic E-state index is 12.6. The number of nitrogens with zero attached hydrogens (tertiary/aromatic N) is 1. The summed E-state index contributed by atoms with van der Waals surface area (Å²) in [5.74, 6) is -1.92. The Bertz CT molecular complexity index is 848. The maximum Gasteiger partial charge on any atom is 0.313 e. The molecular formula is C21H23N3O4. The van der Waals surface area contributed by atoms with Crippen LogP contribution in [0.4, 0.5) is 5.69 Å². The Balaban J connectivity index is 1.60. The van der Waals surface area contributed by atoms with Gasteiger partial charge >= 0.3 is 11.8 Å². The molecule has 3 amide bonds. The Hall–Kier alpha value is -3.19. The van der Waals surface area contributed by atoms with Crippen molar-refractivity contribution in [2.45, 2.75) is 18.9 Å². The van der Waals surface area contributed by atoms with Crippen LogP contribution in [-0.2, 0) is 9.59 Å². The van der Waals surface area contributed by atoms with Crippen molar-refractivity contribution in [3.8, 4) is 0 Å². The van der Waals surface area contributed by atoms with Gasteiger partial charge in [0.05, 0.1) is 17.4 Å². The number of nitrogens with one attached hydrogen (secondary N) is 2. The summed E-state index contributed by atoms with van der Waals surface area (Å²) in [7, 11) is 0. The van der Waals surface area contributed by atoms with Crippen molar-refractivity contribution < 1.29 is 19.5 Å². The largest absolute Gasteiger partial charge is 0.387 e. The van der Waals surface area contributed by atoms with Gasteiger partial charge in [0.25, 0.3) is 5.91 Å². The lowest BCUT2D eigenvalue weighted by molar-refractivity contribution is -0.136. The summed E-state index contributed by atoms with van der Waals surface area (Å²) in [5, 5.41) is 15.0. The number of benzene rings is 2. The Kier molecular flexibility index (Phi) is 6.39. The van der Waals surface area contributed by atoms with E-state index in [1.165, 1.54) is 0 Å². The van der Waals surface area contributed by atoms with Crippen molar-refractivity contribution >= 4 is 23.4 Å². The van der Waals surface area contributed by atoms with Crippen LogP contribution in [0.25, 0.3) is 0 Å². The molecule has 1 unspecified atom stereocenters. The number of likely N-dealkylation sites (tertiary alicyclic amines) is 1. The normalized spacial score (nSPS) is 14.4. The van der Waals surface area contributed by atoms with Crippen molar-refractivity contribution in [2.24, 2.45) is 0 Å². The fraction of sp³-hybridized carbons (Fsp3) is 0.286. The van der Waals surface area contributed by atoms with Crippen LogP contribution in [-0.4, -0.2) is 47.4 Å². The Labute approximate surface area is 163 Å². The number of aliphatic hydroxyl groups is 1. The van der Waals surface area contributed by atoms with Gasteiger partial charge in [0.2, 0.25) is 0 Å². The summed E-state index contributed by atoms with van der Waals surface area (Å²) in [6, 6.07) is 15.5. The van der Waals surface area contributed by atoms with E-state index in [1.807, 2.05) is 6.07 Å². The second-order valence-corrected chi connectivity index (χ2v) is 6.64. The summed E-state index contributed by atoms with van der Waals surface area (Å²) < 4.78 is 0. The summed E-state index contributed by atoms with van der Waals surface area (Å²) in [4.78, 5) is 38.7. The summed E-state index contributed by atoms with van der Waals surface area (Å²) in [6.45, 7) is 1.29. The fourth-order valence-electron chi connectivity index (χ4n) is 3.11. The number of hydrogen-bond acceptors (Lipinski definition) is 4. The van der Waals surface area contributed by atoms with Crippen molar-refractivity contribution in [2.75, 3.05) is 25.0 Å². The third-order valence-corrected chi connectivity index (χ3v) is 4.65. The van der Waals surface area contributed by atoms with Gasteiger partial charge in [-0.05, 0) is 30.5 Å². The predicted octanol–water partition coefficient (Wildman–Crippen LogP) is 1.71. The van der Waals surface area contributed by atoms with Gasteiger partial charge in [-0.25, -0.2) is 0 Å². The number of anilines is 1. The van der Waals surface area contributed by atoms with Gasteiger partial charge in [-0.2, -0.15) is 0 Å². The lowest BCUT2D eigenvalue weighted by Crippen LogP contribution is -2.38. The van der Waals surface area contributed by atoms with Crippen LogP contribution < -0.4 is 10.6 Å². The number of rotatable bonds is 5. The van der Waals surface area contributed by atoms with Crippen LogP contribution in [0, 0.1) is 0 Å². The zero-order chi connectivity index (χ0) is 19.9. The van der Waals surface area contributed by atoms with E-state index in [-0.39, 0.29) is 12.5 Å². The van der Waals surface area contributed by atoms with Gasteiger partial charge in [-0.3, -0.25) is 14.4 Å². The molecule has 3 N–H and O–H groups in total. The second-order valence-electron chi connectivity index (χ2n) is 6.64. The Morgan fingerprint density at radius 1 is 0.929 bits per heavy atom. The molecule has 3 rings (SSSR count). The highest BCUT2D eigenvalue weighted by Gasteiger charge is 2.23. The van der Waals surface area contributed by atoms with E-state index >= 15 is 0 Å². The third kappa shape index (κ3) is 4.75. The predicted molar refractivity (Wildman–Crippen MR) is 105 cm³/mol. The first-order chi connectivity index (χ1) is 13.6. The molecule has 0 aliphatic carbocycles. The van der Waals surface area contributed by atoms with Crippen LogP contribution in [0.3, 0.4) is 0 Å². The fourth-order valence-corrected chi connectivity index (χ4v) is 3.11. The van der Waals surface area contributed by atoms with Crippen LogP contribution in [0.15, 0.2) is 54.6 Å². The molecule has 7 nitrogen and oxygen atoms in total. The lowest BCUT2D eigenvalue weighted by atomic mass is 10.1. The minimum Gasteiger partial charge on any atom is -0.387 e. The molecule has 7 heteroatoms. The second kappa shape index (κ2) is 9.14. The molecule has 1 aliphatic heterocycles. The molecule has 146 valence electrons. The molecule has 0 radical (unpaired) electrons. The number of aliphatic hydroxyl groups excluding tert-OH is 1. The van der Waals surface area contributed by atoms with E-state index in [2.05, 4.69) is 10.6 Å². The van der Waals surface area contributed by atoms with E-state index in [0.29, 0.717) is 29.9 Å². The monoisotopic (exact) mass is 381 g/mol. The standard InChI is InChI=1S/C21H23N3O4/c25-18(15-8-2-1-3-9-15)14-22-19(26)20(27)23-17-11-5-4-10-16(17)21(28)24-12-6-7-13-24/h1-5,8-11,18,25H,6-7,12-14H2,(H,22,26)(H,23,27). The number of para-hydroxylation sites is 1. The van der Waals surface area contributed by atoms with Gasteiger partial charge in [-0.15, -0.1) is 0 Å². The van der Waals surface area contributed by atoms with Crippen molar-refractivity contribution in [1.82, 2.24) is 10.2 Å². The van der Waals surface area contributed by atoms with Crippen molar-refractivity contribution in [3.05, 3.63) is 65.7 Å². The van der Waals surface area contributed by atoms with E-state index < -0.39 is 17.9 Å². The molecule has 1 atom stereocenters. The average Bonchev–Trinajstić information content (AvgIpc) is 3.27. The summed E-state index contributed by atoms with van der Waals surface area (Å²) in [6.07, 6.45) is 1.01. The van der Waals surface area contributed by atoms with E-state index in [9.17, 15) is 19.5 Å². The highest BCUT2D eigenvalue weighted by atomic mass is 16.3. The molecule has 0 bridgehead atoms. The van der Waals surface area contributed by atoms with Crippen LogP contribution in [0.2, 0.25) is 0 Å². The molecule has 2 aromatic carbocycles. The topological polar surface area (TPSA) is 98.7 Å². The molecule has 0 aromatic heterocycles. The first-order valence-electron chi connectivity index (χ1n) is 9.27. The van der Waals surface area contributed by atoms with Gasteiger partial charge in [0, 0.05) is 19.6 Å². The van der Waals surface area contributed by atoms with E-state index in [0.717, 1.165) is 12.8 Å². The molecule has 0 spiro atoms.